The molecule has 0 unspecified atom stereocenters. The Bertz CT molecular complexity index is 584. The second-order valence-electron chi connectivity index (χ2n) is 4.75. The Morgan fingerprint density at radius 1 is 1.28 bits per heavy atom. The van der Waals surface area contributed by atoms with Crippen LogP contribution in [-0.4, -0.2) is 29.1 Å². The average molecular weight is 261 g/mol. The number of rotatable bonds is 3. The number of nitrogens with zero attached hydrogens (tertiary/aromatic N) is 1. The first-order valence-electron chi connectivity index (χ1n) is 6.20. The van der Waals surface area contributed by atoms with Gasteiger partial charge in [-0.15, -0.1) is 11.3 Å². The normalized spacial score (nSPS) is 16.4. The Hall–Kier alpha value is -1.39. The Kier molecular flexibility index (Phi) is 3.06. The summed E-state index contributed by atoms with van der Waals surface area (Å²) in [6.45, 7) is 3.38. The molecule has 0 atom stereocenters. The van der Waals surface area contributed by atoms with Crippen LogP contribution in [-0.2, 0) is 6.54 Å². The van der Waals surface area contributed by atoms with Gasteiger partial charge in [-0.1, -0.05) is 0 Å². The van der Waals surface area contributed by atoms with Gasteiger partial charge in [0.1, 0.15) is 0 Å². The SMILES string of the molecule is O=C(O)c1ccc2sc(CN3CCCC3)cc2c1. The van der Waals surface area contributed by atoms with Crippen LogP contribution in [0.1, 0.15) is 28.1 Å². The van der Waals surface area contributed by atoms with E-state index in [1.165, 1.54) is 35.5 Å². The number of carbonyl (C=O) groups is 1. The van der Waals surface area contributed by atoms with Crippen LogP contribution in [0.3, 0.4) is 0 Å². The monoisotopic (exact) mass is 261 g/mol. The van der Waals surface area contributed by atoms with Crippen molar-refractivity contribution < 1.29 is 9.90 Å². The van der Waals surface area contributed by atoms with E-state index in [-0.39, 0.29) is 0 Å². The van der Waals surface area contributed by atoms with E-state index in [4.69, 9.17) is 5.11 Å². The highest BCUT2D eigenvalue weighted by molar-refractivity contribution is 7.19. The van der Waals surface area contributed by atoms with Gasteiger partial charge in [-0.25, -0.2) is 4.79 Å². The smallest absolute Gasteiger partial charge is 0.335 e. The van der Waals surface area contributed by atoms with Crippen molar-refractivity contribution >= 4 is 27.4 Å². The number of benzene rings is 1. The minimum Gasteiger partial charge on any atom is -0.478 e. The number of carboxylic acid groups (broad SMARTS) is 1. The standard InChI is InChI=1S/C14H15NO2S/c16-14(17)10-3-4-13-11(7-10)8-12(18-13)9-15-5-1-2-6-15/h3-4,7-8H,1-2,5-6,9H2,(H,16,17). The molecular weight excluding hydrogens is 246 g/mol. The van der Waals surface area contributed by atoms with Gasteiger partial charge in [-0.05, 0) is 55.6 Å². The molecule has 3 rings (SSSR count). The number of hydrogen-bond acceptors (Lipinski definition) is 3. The summed E-state index contributed by atoms with van der Waals surface area (Å²) < 4.78 is 1.18. The van der Waals surface area contributed by atoms with Crippen molar-refractivity contribution in [1.29, 1.82) is 0 Å². The molecule has 3 nitrogen and oxygen atoms in total. The van der Waals surface area contributed by atoms with E-state index in [0.717, 1.165) is 11.9 Å². The van der Waals surface area contributed by atoms with Gasteiger partial charge in [0, 0.05) is 16.1 Å². The Labute approximate surface area is 110 Å². The maximum absolute atomic E-state index is 10.9. The Morgan fingerprint density at radius 2 is 2.06 bits per heavy atom. The molecule has 1 N–H and O–H groups in total. The number of fused-ring (bicyclic) bond motifs is 1. The highest BCUT2D eigenvalue weighted by atomic mass is 32.1. The minimum absolute atomic E-state index is 0.369. The zero-order valence-corrected chi connectivity index (χ0v) is 10.9. The van der Waals surface area contributed by atoms with E-state index in [1.807, 2.05) is 6.07 Å². The molecule has 1 aliphatic heterocycles. The quantitative estimate of drug-likeness (QED) is 0.922. The van der Waals surface area contributed by atoms with Crippen LogP contribution in [0.2, 0.25) is 0 Å². The molecule has 0 amide bonds. The maximum atomic E-state index is 10.9. The Balaban J connectivity index is 1.87. The predicted molar refractivity (Wildman–Crippen MR) is 73.3 cm³/mol. The molecule has 2 aromatic rings. The van der Waals surface area contributed by atoms with Gasteiger partial charge in [0.05, 0.1) is 5.56 Å². The third kappa shape index (κ3) is 2.26. The van der Waals surface area contributed by atoms with Gasteiger partial charge >= 0.3 is 5.97 Å². The molecule has 0 spiro atoms. The molecular formula is C14H15NO2S. The summed E-state index contributed by atoms with van der Waals surface area (Å²) in [7, 11) is 0. The lowest BCUT2D eigenvalue weighted by atomic mass is 10.1. The molecule has 1 aromatic heterocycles. The summed E-state index contributed by atoms with van der Waals surface area (Å²) in [5, 5.41) is 10.0. The molecule has 2 heterocycles. The zero-order chi connectivity index (χ0) is 12.5. The lowest BCUT2D eigenvalue weighted by Gasteiger charge is -2.12. The molecule has 94 valence electrons. The molecule has 1 aromatic carbocycles. The van der Waals surface area contributed by atoms with E-state index in [9.17, 15) is 4.79 Å². The molecule has 0 aliphatic carbocycles. The van der Waals surface area contributed by atoms with Crippen molar-refractivity contribution in [3.63, 3.8) is 0 Å². The van der Waals surface area contributed by atoms with Crippen molar-refractivity contribution in [2.75, 3.05) is 13.1 Å². The summed E-state index contributed by atoms with van der Waals surface area (Å²) in [5.74, 6) is -0.857. The van der Waals surface area contributed by atoms with Crippen LogP contribution in [0.5, 0.6) is 0 Å². The Morgan fingerprint density at radius 3 is 2.78 bits per heavy atom. The lowest BCUT2D eigenvalue weighted by molar-refractivity contribution is 0.0697. The summed E-state index contributed by atoms with van der Waals surface area (Å²) in [5.41, 5.74) is 0.369. The van der Waals surface area contributed by atoms with E-state index in [1.54, 1.807) is 23.5 Å². The van der Waals surface area contributed by atoms with Gasteiger partial charge in [0.15, 0.2) is 0 Å². The second-order valence-corrected chi connectivity index (χ2v) is 5.92. The number of likely N-dealkylation sites (tertiary alicyclic amines) is 1. The molecule has 1 aliphatic rings. The first-order valence-corrected chi connectivity index (χ1v) is 7.02. The van der Waals surface area contributed by atoms with Crippen molar-refractivity contribution in [2.24, 2.45) is 0 Å². The first kappa shape index (κ1) is 11.7. The van der Waals surface area contributed by atoms with E-state index < -0.39 is 5.97 Å². The van der Waals surface area contributed by atoms with Crippen molar-refractivity contribution in [1.82, 2.24) is 4.90 Å². The molecule has 4 heteroatoms. The van der Waals surface area contributed by atoms with Crippen LogP contribution < -0.4 is 0 Å². The number of carboxylic acids is 1. The van der Waals surface area contributed by atoms with Gasteiger partial charge in [0.2, 0.25) is 0 Å². The number of aromatic carboxylic acids is 1. The molecule has 0 saturated carbocycles. The second kappa shape index (κ2) is 4.71. The largest absolute Gasteiger partial charge is 0.478 e. The fraction of sp³-hybridized carbons (Fsp3) is 0.357. The highest BCUT2D eigenvalue weighted by Gasteiger charge is 2.13. The van der Waals surface area contributed by atoms with E-state index in [2.05, 4.69) is 11.0 Å². The van der Waals surface area contributed by atoms with E-state index >= 15 is 0 Å². The summed E-state index contributed by atoms with van der Waals surface area (Å²) >= 11 is 1.77. The van der Waals surface area contributed by atoms with Crippen LogP contribution in [0, 0.1) is 0 Å². The van der Waals surface area contributed by atoms with Crippen molar-refractivity contribution in [2.45, 2.75) is 19.4 Å². The van der Waals surface area contributed by atoms with Gasteiger partial charge in [0.25, 0.3) is 0 Å². The third-order valence-corrected chi connectivity index (χ3v) is 4.49. The number of thiophene rings is 1. The lowest BCUT2D eigenvalue weighted by Crippen LogP contribution is -2.17. The van der Waals surface area contributed by atoms with Crippen LogP contribution in [0.4, 0.5) is 0 Å². The van der Waals surface area contributed by atoms with Crippen LogP contribution >= 0.6 is 11.3 Å². The fourth-order valence-corrected chi connectivity index (χ4v) is 3.56. The molecule has 18 heavy (non-hydrogen) atoms. The molecule has 1 saturated heterocycles. The van der Waals surface area contributed by atoms with Gasteiger partial charge in [-0.3, -0.25) is 4.90 Å². The van der Waals surface area contributed by atoms with E-state index in [0.29, 0.717) is 5.56 Å². The summed E-state index contributed by atoms with van der Waals surface area (Å²) in [4.78, 5) is 14.7. The molecule has 1 fully saturated rings. The fourth-order valence-electron chi connectivity index (χ4n) is 2.47. The van der Waals surface area contributed by atoms with Crippen LogP contribution in [0.25, 0.3) is 10.1 Å². The highest BCUT2D eigenvalue weighted by Crippen LogP contribution is 2.28. The minimum atomic E-state index is -0.857. The van der Waals surface area contributed by atoms with Gasteiger partial charge in [-0.2, -0.15) is 0 Å². The van der Waals surface area contributed by atoms with Crippen molar-refractivity contribution in [3.8, 4) is 0 Å². The maximum Gasteiger partial charge on any atom is 0.335 e. The number of hydrogen-bond donors (Lipinski definition) is 1. The molecule has 0 radical (unpaired) electrons. The summed E-state index contributed by atoms with van der Waals surface area (Å²) in [6.07, 6.45) is 2.60. The van der Waals surface area contributed by atoms with Crippen LogP contribution in [0.15, 0.2) is 24.3 Å². The molecule has 0 bridgehead atoms. The topological polar surface area (TPSA) is 40.5 Å². The zero-order valence-electron chi connectivity index (χ0n) is 10.1. The van der Waals surface area contributed by atoms with Gasteiger partial charge < -0.3 is 5.11 Å². The average Bonchev–Trinajstić information content (AvgIpc) is 2.96. The first-order chi connectivity index (χ1) is 8.72. The summed E-state index contributed by atoms with van der Waals surface area (Å²) in [6, 6.07) is 7.49. The third-order valence-electron chi connectivity index (χ3n) is 3.39. The van der Waals surface area contributed by atoms with Crippen molar-refractivity contribution in [3.05, 3.63) is 34.7 Å². The predicted octanol–water partition coefficient (Wildman–Crippen LogP) is 3.20.